The number of ether oxygens (including phenoxy) is 1. The number of nitrogens with one attached hydrogen (secondary N) is 1. The molecule has 2 aromatic carbocycles. The van der Waals surface area contributed by atoms with Crippen molar-refractivity contribution in [3.63, 3.8) is 0 Å². The van der Waals surface area contributed by atoms with Gasteiger partial charge in [0.05, 0.1) is 6.26 Å². The summed E-state index contributed by atoms with van der Waals surface area (Å²) in [4.78, 5) is 0. The first kappa shape index (κ1) is 20.4. The van der Waals surface area contributed by atoms with Crippen LogP contribution in [0.5, 0.6) is 5.75 Å². The lowest BCUT2D eigenvalue weighted by atomic mass is 9.88. The predicted octanol–water partition coefficient (Wildman–Crippen LogP) is 3.45. The monoisotopic (exact) mass is 381 g/mol. The van der Waals surface area contributed by atoms with Crippen molar-refractivity contribution >= 4 is 10.1 Å². The Morgan fingerprint density at radius 3 is 2.31 bits per heavy atom. The van der Waals surface area contributed by atoms with Crippen molar-refractivity contribution in [2.75, 3.05) is 19.3 Å². The van der Waals surface area contributed by atoms with Gasteiger partial charge in [0.15, 0.2) is 0 Å². The zero-order chi connectivity index (χ0) is 19.0. The number of hydrogen-bond donors (Lipinski definition) is 2. The molecule has 0 unspecified atom stereocenters. The van der Waals surface area contributed by atoms with Gasteiger partial charge in [-0.05, 0) is 43.6 Å². The van der Waals surface area contributed by atoms with E-state index in [1.165, 1.54) is 12.1 Å². The standard InChI is InChI=1S/C18H20FNO.CH4O3S/c19-16-7-4-8-17(13-16)21-18(14-5-2-1-3-6-14)15-9-11-20-12-10-15;1-5(2,3)4/h1-8,13,15,18,20H,9-12H2;1H3,(H,2,3,4)/t18-;/m0./s1. The Kier molecular flexibility index (Phi) is 7.56. The Morgan fingerprint density at radius 2 is 1.73 bits per heavy atom. The van der Waals surface area contributed by atoms with Crippen LogP contribution in [0.25, 0.3) is 0 Å². The van der Waals surface area contributed by atoms with E-state index in [0.29, 0.717) is 17.9 Å². The van der Waals surface area contributed by atoms with Crippen LogP contribution in [0.3, 0.4) is 0 Å². The minimum atomic E-state index is -3.67. The molecule has 0 spiro atoms. The van der Waals surface area contributed by atoms with Gasteiger partial charge in [0.25, 0.3) is 10.1 Å². The normalized spacial score (nSPS) is 16.3. The Labute approximate surface area is 154 Å². The molecule has 26 heavy (non-hydrogen) atoms. The van der Waals surface area contributed by atoms with Crippen molar-refractivity contribution in [1.29, 1.82) is 0 Å². The van der Waals surface area contributed by atoms with Crippen LogP contribution in [0.15, 0.2) is 54.6 Å². The van der Waals surface area contributed by atoms with E-state index in [0.717, 1.165) is 31.5 Å². The summed E-state index contributed by atoms with van der Waals surface area (Å²) in [5.74, 6) is 0.795. The third-order valence-electron chi connectivity index (χ3n) is 4.00. The van der Waals surface area contributed by atoms with Crippen molar-refractivity contribution in [3.8, 4) is 5.75 Å². The second-order valence-electron chi connectivity index (χ2n) is 6.23. The SMILES string of the molecule is CS(=O)(=O)O.Fc1cccc(O[C@@H](c2ccccc2)C2CCNCC2)c1. The number of hydrogen-bond acceptors (Lipinski definition) is 4. The first-order valence-electron chi connectivity index (χ1n) is 8.43. The first-order chi connectivity index (χ1) is 12.3. The molecule has 1 saturated heterocycles. The van der Waals surface area contributed by atoms with E-state index in [4.69, 9.17) is 9.29 Å². The molecule has 0 amide bonds. The molecule has 1 heterocycles. The minimum absolute atomic E-state index is 0.0184. The van der Waals surface area contributed by atoms with E-state index in [1.807, 2.05) is 24.3 Å². The number of piperidine rings is 1. The second kappa shape index (κ2) is 9.66. The third-order valence-corrected chi connectivity index (χ3v) is 4.00. The van der Waals surface area contributed by atoms with Crippen molar-refractivity contribution in [3.05, 3.63) is 66.0 Å². The number of benzene rings is 2. The van der Waals surface area contributed by atoms with Gasteiger partial charge >= 0.3 is 0 Å². The van der Waals surface area contributed by atoms with Crippen LogP contribution in [-0.4, -0.2) is 32.3 Å². The molecule has 1 aliphatic heterocycles. The van der Waals surface area contributed by atoms with E-state index >= 15 is 0 Å². The highest BCUT2D eigenvalue weighted by atomic mass is 32.2. The van der Waals surface area contributed by atoms with E-state index < -0.39 is 10.1 Å². The van der Waals surface area contributed by atoms with Gasteiger partial charge in [0.2, 0.25) is 0 Å². The molecule has 142 valence electrons. The number of rotatable bonds is 4. The van der Waals surface area contributed by atoms with E-state index in [-0.39, 0.29) is 11.9 Å². The summed E-state index contributed by atoms with van der Waals surface area (Å²) in [6, 6.07) is 16.6. The van der Waals surface area contributed by atoms with Crippen LogP contribution in [0.2, 0.25) is 0 Å². The number of halogens is 1. The zero-order valence-electron chi connectivity index (χ0n) is 14.6. The largest absolute Gasteiger partial charge is 0.485 e. The predicted molar refractivity (Wildman–Crippen MR) is 99.3 cm³/mol. The smallest absolute Gasteiger partial charge is 0.261 e. The molecule has 1 aliphatic rings. The van der Waals surface area contributed by atoms with Crippen LogP contribution in [0.4, 0.5) is 4.39 Å². The summed E-state index contributed by atoms with van der Waals surface area (Å²) in [7, 11) is -3.67. The molecule has 2 N–H and O–H groups in total. The quantitative estimate of drug-likeness (QED) is 0.794. The van der Waals surface area contributed by atoms with Crippen molar-refractivity contribution in [2.45, 2.75) is 18.9 Å². The molecular formula is C19H24FNO4S. The second-order valence-corrected chi connectivity index (χ2v) is 7.69. The summed E-state index contributed by atoms with van der Waals surface area (Å²) in [6.07, 6.45) is 2.85. The molecule has 0 bridgehead atoms. The molecular weight excluding hydrogens is 357 g/mol. The highest BCUT2D eigenvalue weighted by Gasteiger charge is 2.26. The molecule has 2 aromatic rings. The Hall–Kier alpha value is -1.96. The Balaban J connectivity index is 0.000000431. The molecule has 0 aromatic heterocycles. The maximum absolute atomic E-state index is 13.4. The van der Waals surface area contributed by atoms with Crippen LogP contribution in [-0.2, 0) is 10.1 Å². The fraction of sp³-hybridized carbons (Fsp3) is 0.368. The molecule has 0 radical (unpaired) electrons. The molecule has 3 rings (SSSR count). The fourth-order valence-corrected chi connectivity index (χ4v) is 2.91. The van der Waals surface area contributed by atoms with E-state index in [1.54, 1.807) is 6.07 Å². The minimum Gasteiger partial charge on any atom is -0.485 e. The van der Waals surface area contributed by atoms with Crippen LogP contribution >= 0.6 is 0 Å². The van der Waals surface area contributed by atoms with Gasteiger partial charge in [-0.1, -0.05) is 36.4 Å². The fourth-order valence-electron chi connectivity index (χ4n) is 2.91. The average Bonchev–Trinajstić information content (AvgIpc) is 2.60. The molecule has 0 aliphatic carbocycles. The van der Waals surface area contributed by atoms with Crippen molar-refractivity contribution in [2.24, 2.45) is 5.92 Å². The van der Waals surface area contributed by atoms with Gasteiger partial charge < -0.3 is 10.1 Å². The third kappa shape index (κ3) is 7.51. The zero-order valence-corrected chi connectivity index (χ0v) is 15.5. The first-order valence-corrected chi connectivity index (χ1v) is 10.3. The van der Waals surface area contributed by atoms with Crippen molar-refractivity contribution < 1.29 is 22.1 Å². The van der Waals surface area contributed by atoms with E-state index in [2.05, 4.69) is 17.4 Å². The van der Waals surface area contributed by atoms with Crippen LogP contribution < -0.4 is 10.1 Å². The molecule has 7 heteroatoms. The van der Waals surface area contributed by atoms with Gasteiger partial charge in [-0.2, -0.15) is 8.42 Å². The lowest BCUT2D eigenvalue weighted by molar-refractivity contribution is 0.112. The van der Waals surface area contributed by atoms with Crippen LogP contribution in [0, 0.1) is 11.7 Å². The molecule has 0 saturated carbocycles. The summed E-state index contributed by atoms with van der Waals surface area (Å²) >= 11 is 0. The summed E-state index contributed by atoms with van der Waals surface area (Å²) in [5, 5.41) is 3.38. The summed E-state index contributed by atoms with van der Waals surface area (Å²) < 4.78 is 45.4. The van der Waals surface area contributed by atoms with Crippen LogP contribution in [0.1, 0.15) is 24.5 Å². The topological polar surface area (TPSA) is 75.6 Å². The van der Waals surface area contributed by atoms with Gasteiger partial charge in [-0.15, -0.1) is 0 Å². The molecule has 1 atom stereocenters. The van der Waals surface area contributed by atoms with Gasteiger partial charge in [0, 0.05) is 12.0 Å². The van der Waals surface area contributed by atoms with Gasteiger partial charge in [0.1, 0.15) is 17.7 Å². The highest BCUT2D eigenvalue weighted by Crippen LogP contribution is 2.33. The molecule has 5 nitrogen and oxygen atoms in total. The lowest BCUT2D eigenvalue weighted by Crippen LogP contribution is -2.32. The average molecular weight is 381 g/mol. The van der Waals surface area contributed by atoms with Crippen molar-refractivity contribution in [1.82, 2.24) is 5.32 Å². The van der Waals surface area contributed by atoms with E-state index in [9.17, 15) is 12.8 Å². The van der Waals surface area contributed by atoms with Gasteiger partial charge in [-0.25, -0.2) is 4.39 Å². The highest BCUT2D eigenvalue weighted by molar-refractivity contribution is 7.85. The lowest BCUT2D eigenvalue weighted by Gasteiger charge is -2.31. The summed E-state index contributed by atoms with van der Waals surface area (Å²) in [5.41, 5.74) is 1.16. The Bertz CT molecular complexity index is 769. The summed E-state index contributed by atoms with van der Waals surface area (Å²) in [6.45, 7) is 2.03. The molecule has 1 fully saturated rings. The maximum Gasteiger partial charge on any atom is 0.261 e. The van der Waals surface area contributed by atoms with Gasteiger partial charge in [-0.3, -0.25) is 4.55 Å². The maximum atomic E-state index is 13.4. The Morgan fingerprint density at radius 1 is 1.12 bits per heavy atom.